The first-order valence-corrected chi connectivity index (χ1v) is 7.00. The highest BCUT2D eigenvalue weighted by Crippen LogP contribution is 2.23. The van der Waals surface area contributed by atoms with Crippen LogP contribution in [0.5, 0.6) is 0 Å². The minimum absolute atomic E-state index is 0.0749. The van der Waals surface area contributed by atoms with Crippen LogP contribution < -0.4 is 5.32 Å². The smallest absolute Gasteiger partial charge is 0.408 e. The van der Waals surface area contributed by atoms with Crippen molar-refractivity contribution >= 4 is 35.3 Å². The van der Waals surface area contributed by atoms with Gasteiger partial charge in [-0.1, -0.05) is 29.3 Å². The van der Waals surface area contributed by atoms with Gasteiger partial charge < -0.3 is 15.2 Å². The van der Waals surface area contributed by atoms with Gasteiger partial charge in [0.1, 0.15) is 11.6 Å². The molecule has 116 valence electrons. The molecule has 1 rings (SSSR count). The van der Waals surface area contributed by atoms with Gasteiger partial charge in [0.25, 0.3) is 0 Å². The lowest BCUT2D eigenvalue weighted by Gasteiger charge is -2.22. The second kappa shape index (κ2) is 7.00. The third-order valence-electron chi connectivity index (χ3n) is 2.41. The summed E-state index contributed by atoms with van der Waals surface area (Å²) >= 11 is 11.7. The number of carboxylic acids is 1. The van der Waals surface area contributed by atoms with E-state index in [4.69, 9.17) is 27.9 Å². The van der Waals surface area contributed by atoms with Crippen LogP contribution in [0.4, 0.5) is 4.79 Å². The molecule has 0 heterocycles. The van der Waals surface area contributed by atoms with Gasteiger partial charge in [0, 0.05) is 6.42 Å². The van der Waals surface area contributed by atoms with E-state index in [2.05, 4.69) is 5.32 Å². The first kappa shape index (κ1) is 17.6. The molecule has 0 saturated carbocycles. The molecule has 1 aromatic rings. The highest BCUT2D eigenvalue weighted by atomic mass is 35.5. The lowest BCUT2D eigenvalue weighted by atomic mass is 10.1. The van der Waals surface area contributed by atoms with Crippen molar-refractivity contribution in [3.8, 4) is 0 Å². The van der Waals surface area contributed by atoms with Crippen molar-refractivity contribution in [3.05, 3.63) is 33.8 Å². The summed E-state index contributed by atoms with van der Waals surface area (Å²) in [6, 6.07) is 3.68. The Kier molecular flexibility index (Phi) is 5.87. The fraction of sp³-hybridized carbons (Fsp3) is 0.429. The molecule has 0 aliphatic carbocycles. The molecule has 0 saturated heterocycles. The van der Waals surface area contributed by atoms with E-state index in [0.717, 1.165) is 0 Å². The Labute approximate surface area is 133 Å². The number of aliphatic carboxylic acids is 1. The molecule has 2 N–H and O–H groups in total. The summed E-state index contributed by atoms with van der Waals surface area (Å²) in [7, 11) is 0. The Bertz CT molecular complexity index is 540. The fourth-order valence-corrected chi connectivity index (χ4v) is 1.87. The van der Waals surface area contributed by atoms with Crippen molar-refractivity contribution in [2.45, 2.75) is 38.8 Å². The minimum atomic E-state index is -1.16. The summed E-state index contributed by atoms with van der Waals surface area (Å²) in [5.74, 6) is -1.16. The maximum atomic E-state index is 11.6. The summed E-state index contributed by atoms with van der Waals surface area (Å²) in [4.78, 5) is 22.9. The topological polar surface area (TPSA) is 75.6 Å². The van der Waals surface area contributed by atoms with Crippen LogP contribution in [0, 0.1) is 0 Å². The number of carboxylic acid groups (broad SMARTS) is 1. The molecular formula is C14H17Cl2NO4. The van der Waals surface area contributed by atoms with Crippen LogP contribution in [0.3, 0.4) is 0 Å². The van der Waals surface area contributed by atoms with Gasteiger partial charge in [-0.2, -0.15) is 0 Å². The van der Waals surface area contributed by atoms with E-state index < -0.39 is 23.7 Å². The van der Waals surface area contributed by atoms with Crippen molar-refractivity contribution in [2.75, 3.05) is 0 Å². The normalized spacial score (nSPS) is 12.6. The lowest BCUT2D eigenvalue weighted by Crippen LogP contribution is -2.44. The molecular weight excluding hydrogens is 317 g/mol. The summed E-state index contributed by atoms with van der Waals surface area (Å²) in [6.45, 7) is 5.09. The monoisotopic (exact) mass is 333 g/mol. The zero-order valence-electron chi connectivity index (χ0n) is 11.9. The first-order valence-electron chi connectivity index (χ1n) is 6.25. The number of nitrogens with one attached hydrogen (secondary N) is 1. The largest absolute Gasteiger partial charge is 0.480 e. The average molecular weight is 334 g/mol. The molecule has 0 spiro atoms. The van der Waals surface area contributed by atoms with Crippen LogP contribution in [0.25, 0.3) is 0 Å². The highest BCUT2D eigenvalue weighted by Gasteiger charge is 2.24. The van der Waals surface area contributed by atoms with Gasteiger partial charge in [0.15, 0.2) is 0 Å². The highest BCUT2D eigenvalue weighted by molar-refractivity contribution is 6.42. The predicted molar refractivity (Wildman–Crippen MR) is 81.0 cm³/mol. The number of carbonyl (C=O) groups excluding carboxylic acids is 1. The van der Waals surface area contributed by atoms with E-state index in [1.165, 1.54) is 0 Å². The first-order chi connectivity index (χ1) is 9.58. The number of rotatable bonds is 4. The fourth-order valence-electron chi connectivity index (χ4n) is 1.55. The maximum absolute atomic E-state index is 11.6. The third-order valence-corrected chi connectivity index (χ3v) is 3.15. The predicted octanol–water partition coefficient (Wildman–Crippen LogP) is 3.51. The van der Waals surface area contributed by atoms with Crippen LogP contribution in [0.15, 0.2) is 18.2 Å². The maximum Gasteiger partial charge on any atom is 0.408 e. The van der Waals surface area contributed by atoms with Gasteiger partial charge in [-0.05, 0) is 38.5 Å². The minimum Gasteiger partial charge on any atom is -0.480 e. The Morgan fingerprint density at radius 2 is 1.90 bits per heavy atom. The second-order valence-corrected chi connectivity index (χ2v) is 6.30. The van der Waals surface area contributed by atoms with Crippen molar-refractivity contribution < 1.29 is 19.4 Å². The number of ether oxygens (including phenoxy) is 1. The number of halogens is 2. The molecule has 0 unspecified atom stereocenters. The van der Waals surface area contributed by atoms with Gasteiger partial charge in [0.05, 0.1) is 10.0 Å². The third kappa shape index (κ3) is 6.23. The van der Waals surface area contributed by atoms with E-state index in [9.17, 15) is 14.7 Å². The molecule has 1 aromatic carbocycles. The lowest BCUT2D eigenvalue weighted by molar-refractivity contribution is -0.139. The van der Waals surface area contributed by atoms with E-state index in [1.807, 2.05) is 0 Å². The average Bonchev–Trinajstić information content (AvgIpc) is 2.30. The van der Waals surface area contributed by atoms with Crippen LogP contribution >= 0.6 is 23.2 Å². The molecule has 0 aliphatic heterocycles. The van der Waals surface area contributed by atoms with Gasteiger partial charge in [-0.15, -0.1) is 0 Å². The molecule has 0 aliphatic rings. The second-order valence-electron chi connectivity index (χ2n) is 5.49. The van der Waals surface area contributed by atoms with Crippen molar-refractivity contribution in [2.24, 2.45) is 0 Å². The number of amides is 1. The summed E-state index contributed by atoms with van der Waals surface area (Å²) in [5.41, 5.74) is -0.0515. The Balaban J connectivity index is 2.76. The Morgan fingerprint density at radius 1 is 1.29 bits per heavy atom. The Hall–Kier alpha value is -1.46. The number of alkyl carbamates (subject to hydrolysis) is 1. The summed E-state index contributed by atoms with van der Waals surface area (Å²) in [5, 5.41) is 12.2. The van der Waals surface area contributed by atoms with E-state index in [-0.39, 0.29) is 6.42 Å². The van der Waals surface area contributed by atoms with E-state index >= 15 is 0 Å². The van der Waals surface area contributed by atoms with E-state index in [0.29, 0.717) is 15.6 Å². The number of carbonyl (C=O) groups is 2. The van der Waals surface area contributed by atoms with Crippen LogP contribution in [0.2, 0.25) is 10.0 Å². The molecule has 21 heavy (non-hydrogen) atoms. The van der Waals surface area contributed by atoms with E-state index in [1.54, 1.807) is 39.0 Å². The molecule has 1 amide bonds. The van der Waals surface area contributed by atoms with Gasteiger partial charge in [-0.3, -0.25) is 0 Å². The zero-order chi connectivity index (χ0) is 16.2. The quantitative estimate of drug-likeness (QED) is 0.883. The van der Waals surface area contributed by atoms with Gasteiger partial charge in [-0.25, -0.2) is 9.59 Å². The standard InChI is InChI=1S/C14H17Cl2NO4/c1-14(2,3)21-13(20)17-11(12(18)19)7-8-4-5-9(15)10(16)6-8/h4-6,11H,7H2,1-3H3,(H,17,20)(H,18,19)/t11-/m0/s1. The van der Waals surface area contributed by atoms with Crippen LogP contribution in [0.1, 0.15) is 26.3 Å². The van der Waals surface area contributed by atoms with Crippen molar-refractivity contribution in [3.63, 3.8) is 0 Å². The van der Waals surface area contributed by atoms with Crippen molar-refractivity contribution in [1.29, 1.82) is 0 Å². The Morgan fingerprint density at radius 3 is 2.38 bits per heavy atom. The van der Waals surface area contributed by atoms with Crippen LogP contribution in [-0.2, 0) is 16.0 Å². The zero-order valence-corrected chi connectivity index (χ0v) is 13.5. The van der Waals surface area contributed by atoms with Crippen molar-refractivity contribution in [1.82, 2.24) is 5.32 Å². The molecule has 0 bridgehead atoms. The van der Waals surface area contributed by atoms with Gasteiger partial charge >= 0.3 is 12.1 Å². The molecule has 1 atom stereocenters. The molecule has 0 fully saturated rings. The SMILES string of the molecule is CC(C)(C)OC(=O)N[C@@H](Cc1ccc(Cl)c(Cl)c1)C(=O)O. The summed E-state index contributed by atoms with van der Waals surface area (Å²) < 4.78 is 5.04. The number of hydrogen-bond donors (Lipinski definition) is 2. The molecule has 0 aromatic heterocycles. The number of benzene rings is 1. The number of hydrogen-bond acceptors (Lipinski definition) is 3. The van der Waals surface area contributed by atoms with Gasteiger partial charge in [0.2, 0.25) is 0 Å². The molecule has 0 radical (unpaired) electrons. The molecule has 5 nitrogen and oxygen atoms in total. The van der Waals surface area contributed by atoms with Crippen LogP contribution in [-0.4, -0.2) is 28.8 Å². The summed E-state index contributed by atoms with van der Waals surface area (Å²) in [6.07, 6.45) is -0.708. The molecule has 7 heteroatoms.